The van der Waals surface area contributed by atoms with E-state index in [1.54, 1.807) is 0 Å². The minimum atomic E-state index is -0.291. The molecule has 0 radical (unpaired) electrons. The third-order valence-electron chi connectivity index (χ3n) is 6.68. The molecule has 0 N–H and O–H groups in total. The molecule has 1 aliphatic heterocycles. The summed E-state index contributed by atoms with van der Waals surface area (Å²) in [5.41, 5.74) is 5.10. The van der Waals surface area contributed by atoms with Gasteiger partial charge in [0.2, 0.25) is 0 Å². The number of amides is 1. The van der Waals surface area contributed by atoms with E-state index >= 15 is 0 Å². The van der Waals surface area contributed by atoms with Crippen LogP contribution in [0.15, 0.2) is 36.5 Å². The zero-order chi connectivity index (χ0) is 23.0. The molecule has 6 rings (SSSR count). The van der Waals surface area contributed by atoms with E-state index in [-0.39, 0.29) is 18.0 Å². The zero-order valence-electron chi connectivity index (χ0n) is 19.1. The molecule has 0 spiro atoms. The number of benzene rings is 1. The second-order valence-corrected chi connectivity index (χ2v) is 9.83. The molecule has 0 bridgehead atoms. The fourth-order valence-electron chi connectivity index (χ4n) is 5.01. The molecule has 0 saturated heterocycles. The van der Waals surface area contributed by atoms with Crippen LogP contribution in [0.25, 0.3) is 5.65 Å². The second kappa shape index (κ2) is 7.15. The maximum atomic E-state index is 13.9. The molecule has 1 atom stereocenters. The van der Waals surface area contributed by atoms with Crippen LogP contribution in [-0.2, 0) is 0 Å². The molecule has 33 heavy (non-hydrogen) atoms. The van der Waals surface area contributed by atoms with Crippen molar-refractivity contribution < 1.29 is 4.79 Å². The molecule has 1 fully saturated rings. The van der Waals surface area contributed by atoms with Crippen LogP contribution >= 0.6 is 11.6 Å². The molecule has 3 aromatic heterocycles. The highest BCUT2D eigenvalue weighted by Crippen LogP contribution is 2.48. The molecule has 4 heterocycles. The summed E-state index contributed by atoms with van der Waals surface area (Å²) in [7, 11) is 0. The van der Waals surface area contributed by atoms with Crippen LogP contribution in [0.2, 0.25) is 5.02 Å². The Labute approximate surface area is 197 Å². The largest absolute Gasteiger partial charge is 0.326 e. The van der Waals surface area contributed by atoms with Crippen LogP contribution in [0.3, 0.4) is 0 Å². The van der Waals surface area contributed by atoms with Gasteiger partial charge in [-0.1, -0.05) is 23.7 Å². The van der Waals surface area contributed by atoms with Crippen LogP contribution in [-0.4, -0.2) is 30.1 Å². The predicted molar refractivity (Wildman–Crippen MR) is 127 cm³/mol. The monoisotopic (exact) mass is 460 g/mol. The average Bonchev–Trinajstić information content (AvgIpc) is 3.36. The topological polar surface area (TPSA) is 68.3 Å². The summed E-state index contributed by atoms with van der Waals surface area (Å²) in [6.45, 7) is 8.24. The van der Waals surface area contributed by atoms with Gasteiger partial charge in [-0.15, -0.1) is 10.2 Å². The molecule has 8 heteroatoms. The summed E-state index contributed by atoms with van der Waals surface area (Å²) in [6.07, 6.45) is 4.22. The quantitative estimate of drug-likeness (QED) is 0.408. The highest BCUT2D eigenvalue weighted by molar-refractivity contribution is 6.30. The third-order valence-corrected chi connectivity index (χ3v) is 6.93. The normalized spacial score (nSPS) is 18.1. The fourth-order valence-corrected chi connectivity index (χ4v) is 5.13. The van der Waals surface area contributed by atoms with E-state index in [4.69, 9.17) is 16.6 Å². The van der Waals surface area contributed by atoms with E-state index in [1.807, 2.05) is 59.7 Å². The van der Waals surface area contributed by atoms with Crippen LogP contribution in [0.4, 0.5) is 5.69 Å². The number of hydrogen-bond donors (Lipinski definition) is 0. The van der Waals surface area contributed by atoms with E-state index in [9.17, 15) is 4.79 Å². The Bertz CT molecular complexity index is 1410. The number of rotatable bonds is 4. The summed E-state index contributed by atoms with van der Waals surface area (Å²) in [4.78, 5) is 20.7. The third kappa shape index (κ3) is 3.02. The lowest BCUT2D eigenvalue weighted by atomic mass is 10.0. The number of imidazole rings is 1. The number of anilines is 1. The summed E-state index contributed by atoms with van der Waals surface area (Å²) >= 11 is 6.21. The summed E-state index contributed by atoms with van der Waals surface area (Å²) in [5, 5.41) is 9.16. The maximum absolute atomic E-state index is 13.9. The number of fused-ring (bicyclic) bond motifs is 2. The zero-order valence-corrected chi connectivity index (χ0v) is 19.8. The fraction of sp³-hybridized carbons (Fsp3) is 0.360. The summed E-state index contributed by atoms with van der Waals surface area (Å²) < 4.78 is 4.24. The maximum Gasteiger partial charge on any atom is 0.279 e. The van der Waals surface area contributed by atoms with Gasteiger partial charge >= 0.3 is 0 Å². The van der Waals surface area contributed by atoms with E-state index in [2.05, 4.69) is 28.6 Å². The van der Waals surface area contributed by atoms with Crippen molar-refractivity contribution in [1.82, 2.24) is 24.1 Å². The Morgan fingerprint density at radius 1 is 1.09 bits per heavy atom. The second-order valence-electron chi connectivity index (χ2n) is 9.39. The lowest BCUT2D eigenvalue weighted by Crippen LogP contribution is -2.31. The van der Waals surface area contributed by atoms with Crippen molar-refractivity contribution >= 4 is 28.8 Å². The first-order valence-corrected chi connectivity index (χ1v) is 11.8. The highest BCUT2D eigenvalue weighted by Gasteiger charge is 2.46. The van der Waals surface area contributed by atoms with Crippen LogP contribution < -0.4 is 4.90 Å². The van der Waals surface area contributed by atoms with Crippen molar-refractivity contribution in [1.29, 1.82) is 0 Å². The number of aromatic nitrogens is 5. The lowest BCUT2D eigenvalue weighted by Gasteiger charge is -2.29. The Morgan fingerprint density at radius 3 is 2.48 bits per heavy atom. The Balaban J connectivity index is 1.60. The van der Waals surface area contributed by atoms with Crippen molar-refractivity contribution in [2.24, 2.45) is 0 Å². The van der Waals surface area contributed by atoms with Crippen molar-refractivity contribution in [2.45, 2.75) is 58.5 Å². The molecule has 4 aromatic rings. The Morgan fingerprint density at radius 2 is 1.82 bits per heavy atom. The molecular weight excluding hydrogens is 436 g/mol. The van der Waals surface area contributed by atoms with Gasteiger partial charge in [-0.05, 0) is 69.9 Å². The number of carbonyl (C=O) groups is 1. The molecule has 1 amide bonds. The Kier molecular flexibility index (Phi) is 4.43. The van der Waals surface area contributed by atoms with E-state index in [0.717, 1.165) is 52.6 Å². The minimum absolute atomic E-state index is 0.0734. The smallest absolute Gasteiger partial charge is 0.279 e. The van der Waals surface area contributed by atoms with Crippen LogP contribution in [0.5, 0.6) is 0 Å². The van der Waals surface area contributed by atoms with Gasteiger partial charge in [0.05, 0.1) is 11.4 Å². The molecule has 168 valence electrons. The van der Waals surface area contributed by atoms with Gasteiger partial charge in [0.15, 0.2) is 11.3 Å². The van der Waals surface area contributed by atoms with Gasteiger partial charge in [-0.25, -0.2) is 4.98 Å². The molecule has 2 aliphatic rings. The molecule has 1 aliphatic carbocycles. The summed E-state index contributed by atoms with van der Waals surface area (Å²) in [6, 6.07) is 9.70. The first kappa shape index (κ1) is 20.4. The number of halogens is 1. The lowest BCUT2D eigenvalue weighted by molar-refractivity contribution is 0.0989. The van der Waals surface area contributed by atoms with Crippen molar-refractivity contribution in [3.8, 4) is 0 Å². The van der Waals surface area contributed by atoms with Gasteiger partial charge in [-0.2, -0.15) is 0 Å². The van der Waals surface area contributed by atoms with Crippen molar-refractivity contribution in [3.05, 3.63) is 75.7 Å². The van der Waals surface area contributed by atoms with Gasteiger partial charge in [-0.3, -0.25) is 14.1 Å². The van der Waals surface area contributed by atoms with Crippen molar-refractivity contribution in [3.63, 3.8) is 0 Å². The molecule has 0 unspecified atom stereocenters. The molecule has 1 saturated carbocycles. The number of nitrogens with zero attached hydrogens (tertiary/aromatic N) is 6. The highest BCUT2D eigenvalue weighted by atomic mass is 35.5. The number of hydrogen-bond acceptors (Lipinski definition) is 4. The summed E-state index contributed by atoms with van der Waals surface area (Å²) in [5.74, 6) is 2.20. The van der Waals surface area contributed by atoms with E-state index in [1.165, 1.54) is 0 Å². The Hall–Kier alpha value is -3.19. The first-order valence-electron chi connectivity index (χ1n) is 11.4. The minimum Gasteiger partial charge on any atom is -0.326 e. The number of pyridine rings is 1. The van der Waals surface area contributed by atoms with Crippen molar-refractivity contribution in [2.75, 3.05) is 4.90 Å². The first-order chi connectivity index (χ1) is 15.8. The van der Waals surface area contributed by atoms with Crippen LogP contribution in [0, 0.1) is 13.8 Å². The van der Waals surface area contributed by atoms with Gasteiger partial charge in [0, 0.05) is 23.2 Å². The molecule has 1 aromatic carbocycles. The van der Waals surface area contributed by atoms with Gasteiger partial charge in [0.25, 0.3) is 5.91 Å². The standard InChI is InChI=1S/C25H25ClN6O/c1-13(2)31-22-20(27-24(31)17-5-6-17)25(33)32(21(22)16-7-9-18(26)10-8-16)19-11-14(3)23-29-28-15(4)30(23)12-19/h7-13,17,21H,5-6H2,1-4H3/t21-/m0/s1. The SMILES string of the molecule is Cc1cc(N2C(=O)c3nc(C4CC4)n(C(C)C)c3[C@@H]2c2ccc(Cl)cc2)cn2c(C)nnc12. The van der Waals surface area contributed by atoms with Gasteiger partial charge < -0.3 is 4.57 Å². The predicted octanol–water partition coefficient (Wildman–Crippen LogP) is 5.40. The van der Waals surface area contributed by atoms with Gasteiger partial charge in [0.1, 0.15) is 17.7 Å². The molecular formula is C25H25ClN6O. The van der Waals surface area contributed by atoms with E-state index in [0.29, 0.717) is 16.6 Å². The van der Waals surface area contributed by atoms with E-state index < -0.39 is 0 Å². The number of carbonyl (C=O) groups excluding carboxylic acids is 1. The number of aryl methyl sites for hydroxylation is 2. The molecule has 7 nitrogen and oxygen atoms in total. The average molecular weight is 461 g/mol. The van der Waals surface area contributed by atoms with Crippen LogP contribution in [0.1, 0.15) is 83.6 Å².